The van der Waals surface area contributed by atoms with Crippen molar-refractivity contribution in [1.82, 2.24) is 10.6 Å². The summed E-state index contributed by atoms with van der Waals surface area (Å²) in [5.74, 6) is 0.975. The van der Waals surface area contributed by atoms with Gasteiger partial charge in [0.1, 0.15) is 0 Å². The second kappa shape index (κ2) is 6.85. The van der Waals surface area contributed by atoms with Gasteiger partial charge in [0.15, 0.2) is 5.54 Å². The zero-order chi connectivity index (χ0) is 15.3. The maximum absolute atomic E-state index is 12.1. The Bertz CT molecular complexity index is 503. The van der Waals surface area contributed by atoms with Crippen molar-refractivity contribution in [3.8, 4) is 0 Å². The Morgan fingerprint density at radius 3 is 2.43 bits per heavy atom. The van der Waals surface area contributed by atoms with Crippen molar-refractivity contribution in [2.75, 3.05) is 11.5 Å². The third kappa shape index (κ3) is 3.91. The van der Waals surface area contributed by atoms with Gasteiger partial charge in [0.05, 0.1) is 0 Å². The number of benzene rings is 1. The lowest BCUT2D eigenvalue weighted by molar-refractivity contribution is -0.144. The average Bonchev–Trinajstić information content (AvgIpc) is 2.48. The SMILES string of the molecule is CC(NC(=O)NC1CCSCC1)(C(=O)O)c1ccccc1. The number of carbonyl (C=O) groups excluding carboxylic acids is 1. The molecule has 0 spiro atoms. The minimum absolute atomic E-state index is 0.125. The first-order valence-corrected chi connectivity index (χ1v) is 8.13. The van der Waals surface area contributed by atoms with Crippen molar-refractivity contribution < 1.29 is 14.7 Å². The predicted octanol–water partition coefficient (Wildman–Crippen LogP) is 2.18. The summed E-state index contributed by atoms with van der Waals surface area (Å²) in [4.78, 5) is 23.7. The van der Waals surface area contributed by atoms with Crippen LogP contribution in [0.4, 0.5) is 4.79 Å². The van der Waals surface area contributed by atoms with Crippen LogP contribution in [-0.2, 0) is 10.3 Å². The van der Waals surface area contributed by atoms with Crippen LogP contribution in [0, 0.1) is 0 Å². The molecule has 1 saturated heterocycles. The topological polar surface area (TPSA) is 78.4 Å². The van der Waals surface area contributed by atoms with E-state index in [1.54, 1.807) is 24.3 Å². The van der Waals surface area contributed by atoms with E-state index in [-0.39, 0.29) is 6.04 Å². The van der Waals surface area contributed by atoms with Crippen molar-refractivity contribution >= 4 is 23.8 Å². The lowest BCUT2D eigenvalue weighted by Crippen LogP contribution is -2.55. The molecule has 5 nitrogen and oxygen atoms in total. The fourth-order valence-corrected chi connectivity index (χ4v) is 3.42. The summed E-state index contributed by atoms with van der Waals surface area (Å²) in [5.41, 5.74) is -0.888. The standard InChI is InChI=1S/C15H20N2O3S/c1-15(13(18)19,11-5-3-2-4-6-11)17-14(20)16-12-7-9-21-10-8-12/h2-6,12H,7-10H2,1H3,(H,18,19)(H2,16,17,20). The molecule has 21 heavy (non-hydrogen) atoms. The number of hydrogen-bond acceptors (Lipinski definition) is 3. The summed E-state index contributed by atoms with van der Waals surface area (Å²) in [6.45, 7) is 1.50. The summed E-state index contributed by atoms with van der Waals surface area (Å²) in [6, 6.07) is 8.42. The highest BCUT2D eigenvalue weighted by atomic mass is 32.2. The molecule has 3 N–H and O–H groups in total. The van der Waals surface area contributed by atoms with E-state index >= 15 is 0 Å². The van der Waals surface area contributed by atoms with Crippen LogP contribution in [0.3, 0.4) is 0 Å². The first-order valence-electron chi connectivity index (χ1n) is 6.98. The molecule has 1 aliphatic heterocycles. The molecule has 2 amide bonds. The summed E-state index contributed by atoms with van der Waals surface area (Å²) in [5, 5.41) is 15.0. The Labute approximate surface area is 128 Å². The quantitative estimate of drug-likeness (QED) is 0.796. The highest BCUT2D eigenvalue weighted by Gasteiger charge is 2.37. The third-order valence-electron chi connectivity index (χ3n) is 3.70. The maximum Gasteiger partial charge on any atom is 0.333 e. The highest BCUT2D eigenvalue weighted by molar-refractivity contribution is 7.99. The largest absolute Gasteiger partial charge is 0.479 e. The summed E-state index contributed by atoms with van der Waals surface area (Å²) in [7, 11) is 0. The van der Waals surface area contributed by atoms with Gasteiger partial charge in [0.2, 0.25) is 0 Å². The lowest BCUT2D eigenvalue weighted by Gasteiger charge is -2.29. The summed E-state index contributed by atoms with van der Waals surface area (Å²) in [6.07, 6.45) is 1.85. The second-order valence-corrected chi connectivity index (χ2v) is 6.51. The number of thioether (sulfide) groups is 1. The number of aliphatic carboxylic acids is 1. The van der Waals surface area contributed by atoms with Crippen molar-refractivity contribution in [2.45, 2.75) is 31.3 Å². The van der Waals surface area contributed by atoms with Crippen molar-refractivity contribution in [3.05, 3.63) is 35.9 Å². The van der Waals surface area contributed by atoms with E-state index in [4.69, 9.17) is 0 Å². The van der Waals surface area contributed by atoms with Crippen molar-refractivity contribution in [1.29, 1.82) is 0 Å². The molecule has 1 aliphatic rings. The van der Waals surface area contributed by atoms with Gasteiger partial charge in [-0.25, -0.2) is 9.59 Å². The molecule has 1 fully saturated rings. The van der Waals surface area contributed by atoms with Crippen LogP contribution in [0.25, 0.3) is 0 Å². The molecule has 0 bridgehead atoms. The van der Waals surface area contributed by atoms with Crippen molar-refractivity contribution in [3.63, 3.8) is 0 Å². The summed E-state index contributed by atoms with van der Waals surface area (Å²) < 4.78 is 0. The summed E-state index contributed by atoms with van der Waals surface area (Å²) >= 11 is 1.87. The monoisotopic (exact) mass is 308 g/mol. The Kier molecular flexibility index (Phi) is 5.12. The molecule has 1 unspecified atom stereocenters. The van der Waals surface area contributed by atoms with E-state index < -0.39 is 17.5 Å². The first kappa shape index (κ1) is 15.7. The predicted molar refractivity (Wildman–Crippen MR) is 83.4 cm³/mol. The smallest absolute Gasteiger partial charge is 0.333 e. The van der Waals surface area contributed by atoms with Crippen molar-refractivity contribution in [2.24, 2.45) is 0 Å². The molecule has 6 heteroatoms. The minimum Gasteiger partial charge on any atom is -0.479 e. The van der Waals surface area contributed by atoms with Gasteiger partial charge in [-0.15, -0.1) is 0 Å². The van der Waals surface area contributed by atoms with Crippen LogP contribution in [0.1, 0.15) is 25.3 Å². The number of hydrogen-bond donors (Lipinski definition) is 3. The van der Waals surface area contributed by atoms with Crippen LogP contribution >= 0.6 is 11.8 Å². The third-order valence-corrected chi connectivity index (χ3v) is 4.75. The number of amides is 2. The molecule has 1 aromatic rings. The van der Waals surface area contributed by atoms with E-state index in [1.165, 1.54) is 6.92 Å². The Morgan fingerprint density at radius 2 is 1.86 bits per heavy atom. The number of carbonyl (C=O) groups is 2. The highest BCUT2D eigenvalue weighted by Crippen LogP contribution is 2.21. The van der Waals surface area contributed by atoms with Gasteiger partial charge in [-0.2, -0.15) is 11.8 Å². The number of carboxylic acid groups (broad SMARTS) is 1. The van der Waals surface area contributed by atoms with E-state index in [1.807, 2.05) is 17.8 Å². The van der Waals surface area contributed by atoms with Gasteiger partial charge in [-0.05, 0) is 36.8 Å². The van der Waals surface area contributed by atoms with Gasteiger partial charge >= 0.3 is 12.0 Å². The number of rotatable bonds is 4. The minimum atomic E-state index is -1.44. The van der Waals surface area contributed by atoms with Crippen LogP contribution in [0.5, 0.6) is 0 Å². The van der Waals surface area contributed by atoms with Crippen LogP contribution in [-0.4, -0.2) is 34.7 Å². The van der Waals surface area contributed by atoms with Gasteiger partial charge in [-0.3, -0.25) is 0 Å². The molecule has 0 saturated carbocycles. The van der Waals surface area contributed by atoms with Gasteiger partial charge in [-0.1, -0.05) is 30.3 Å². The van der Waals surface area contributed by atoms with Gasteiger partial charge < -0.3 is 15.7 Å². The zero-order valence-electron chi connectivity index (χ0n) is 12.0. The van der Waals surface area contributed by atoms with Crippen LogP contribution in [0.2, 0.25) is 0 Å². The molecule has 1 heterocycles. The van der Waals surface area contributed by atoms with E-state index in [9.17, 15) is 14.7 Å². The fourth-order valence-electron chi connectivity index (χ4n) is 2.31. The van der Waals surface area contributed by atoms with E-state index in [0.29, 0.717) is 5.56 Å². The number of urea groups is 1. The molecule has 0 aromatic heterocycles. The van der Waals surface area contributed by atoms with E-state index in [2.05, 4.69) is 10.6 Å². The zero-order valence-corrected chi connectivity index (χ0v) is 12.8. The van der Waals surface area contributed by atoms with Crippen LogP contribution < -0.4 is 10.6 Å². The molecule has 0 radical (unpaired) electrons. The number of carboxylic acids is 1. The normalized spacial score (nSPS) is 18.5. The molecule has 2 rings (SSSR count). The lowest BCUT2D eigenvalue weighted by atomic mass is 9.92. The second-order valence-electron chi connectivity index (χ2n) is 5.28. The molecule has 1 atom stereocenters. The maximum atomic E-state index is 12.1. The molecule has 114 valence electrons. The fraction of sp³-hybridized carbons (Fsp3) is 0.467. The average molecular weight is 308 g/mol. The number of nitrogens with one attached hydrogen (secondary N) is 2. The Hall–Kier alpha value is -1.69. The Balaban J connectivity index is 2.05. The Morgan fingerprint density at radius 1 is 1.24 bits per heavy atom. The van der Waals surface area contributed by atoms with Gasteiger partial charge in [0, 0.05) is 6.04 Å². The molecular formula is C15H20N2O3S. The van der Waals surface area contributed by atoms with E-state index in [0.717, 1.165) is 24.3 Å². The molecular weight excluding hydrogens is 288 g/mol. The molecule has 0 aliphatic carbocycles. The first-order chi connectivity index (χ1) is 10.0. The van der Waals surface area contributed by atoms with Crippen LogP contribution in [0.15, 0.2) is 30.3 Å². The van der Waals surface area contributed by atoms with Gasteiger partial charge in [0.25, 0.3) is 0 Å². The molecule has 1 aromatic carbocycles.